The largest absolute Gasteiger partial charge is 0.493 e. The van der Waals surface area contributed by atoms with E-state index < -0.39 is 12.1 Å². The van der Waals surface area contributed by atoms with Gasteiger partial charge in [-0.05, 0) is 50.7 Å². The first-order valence-electron chi connectivity index (χ1n) is 9.11. The summed E-state index contributed by atoms with van der Waals surface area (Å²) >= 11 is 0. The molecule has 1 atom stereocenters. The van der Waals surface area contributed by atoms with E-state index in [1.807, 2.05) is 0 Å². The summed E-state index contributed by atoms with van der Waals surface area (Å²) in [6, 6.07) is 3.46. The summed E-state index contributed by atoms with van der Waals surface area (Å²) in [7, 11) is 1.33. The van der Waals surface area contributed by atoms with Gasteiger partial charge < -0.3 is 18.9 Å². The molecule has 2 rings (SSSR count). The predicted molar refractivity (Wildman–Crippen MR) is 97.2 cm³/mol. The molecule has 0 bridgehead atoms. The van der Waals surface area contributed by atoms with Crippen LogP contribution < -0.4 is 9.47 Å². The van der Waals surface area contributed by atoms with Gasteiger partial charge in [-0.1, -0.05) is 0 Å². The molecule has 1 aromatic carbocycles. The van der Waals surface area contributed by atoms with Gasteiger partial charge in [0.25, 0.3) is 0 Å². The highest BCUT2D eigenvalue weighted by molar-refractivity contribution is 5.97. The van der Waals surface area contributed by atoms with E-state index in [0.29, 0.717) is 43.1 Å². The molecule has 0 amide bonds. The smallest absolute Gasteiger partial charge is 0.347 e. The van der Waals surface area contributed by atoms with Crippen LogP contribution in [0.4, 0.5) is 0 Å². The zero-order valence-electron chi connectivity index (χ0n) is 16.0. The molecule has 1 aliphatic heterocycles. The number of Topliss-reactive ketones (excluding diaryl/α,β-unsaturated/α-hetero) is 1. The number of aryl methyl sites for hydroxylation is 1. The van der Waals surface area contributed by atoms with Crippen LogP contribution in [-0.2, 0) is 25.5 Å². The van der Waals surface area contributed by atoms with Crippen LogP contribution in [-0.4, -0.2) is 44.1 Å². The summed E-state index contributed by atoms with van der Waals surface area (Å²) in [6.07, 6.45) is 2.87. The van der Waals surface area contributed by atoms with E-state index in [1.54, 1.807) is 12.1 Å². The van der Waals surface area contributed by atoms with E-state index in [-0.39, 0.29) is 11.8 Å². The molecule has 1 aliphatic rings. The van der Waals surface area contributed by atoms with Crippen molar-refractivity contribution in [3.63, 3.8) is 0 Å². The van der Waals surface area contributed by atoms with Gasteiger partial charge in [0.05, 0.1) is 25.9 Å². The van der Waals surface area contributed by atoms with Crippen molar-refractivity contribution < 1.29 is 33.3 Å². The normalized spacial score (nSPS) is 15.3. The zero-order chi connectivity index (χ0) is 19.8. The van der Waals surface area contributed by atoms with Crippen LogP contribution in [0.25, 0.3) is 0 Å². The first kappa shape index (κ1) is 20.7. The molecule has 1 unspecified atom stereocenters. The van der Waals surface area contributed by atoms with Crippen molar-refractivity contribution in [2.24, 2.45) is 0 Å². The number of hydrogen-bond donors (Lipinski definition) is 0. The van der Waals surface area contributed by atoms with Gasteiger partial charge in [0, 0.05) is 13.0 Å². The molecule has 148 valence electrons. The number of rotatable bonds is 9. The van der Waals surface area contributed by atoms with Gasteiger partial charge in [-0.3, -0.25) is 9.59 Å². The number of methoxy groups -OCH3 is 1. The van der Waals surface area contributed by atoms with E-state index >= 15 is 0 Å². The lowest BCUT2D eigenvalue weighted by atomic mass is 9.98. The highest BCUT2D eigenvalue weighted by Gasteiger charge is 2.28. The van der Waals surface area contributed by atoms with Crippen LogP contribution in [0.5, 0.6) is 11.5 Å². The van der Waals surface area contributed by atoms with Gasteiger partial charge in [0.15, 0.2) is 11.9 Å². The topological polar surface area (TPSA) is 88.1 Å². The molecule has 0 N–H and O–H groups in total. The third-order valence-electron chi connectivity index (χ3n) is 4.30. The lowest BCUT2D eigenvalue weighted by Crippen LogP contribution is -2.32. The fourth-order valence-corrected chi connectivity index (χ4v) is 2.88. The van der Waals surface area contributed by atoms with E-state index in [9.17, 15) is 14.4 Å². The summed E-state index contributed by atoms with van der Waals surface area (Å²) in [6.45, 7) is 3.71. The lowest BCUT2D eigenvalue weighted by molar-refractivity contribution is -0.149. The second-order valence-electron chi connectivity index (χ2n) is 6.43. The average Bonchev–Trinajstić information content (AvgIpc) is 2.65. The number of ether oxygens (including phenoxy) is 4. The Hall–Kier alpha value is -2.57. The molecule has 27 heavy (non-hydrogen) atoms. The van der Waals surface area contributed by atoms with E-state index in [1.165, 1.54) is 21.0 Å². The second kappa shape index (κ2) is 9.94. The molecule has 7 heteroatoms. The minimum Gasteiger partial charge on any atom is -0.493 e. The Morgan fingerprint density at radius 1 is 1.11 bits per heavy atom. The molecule has 0 aromatic heterocycles. The fraction of sp³-hybridized carbons (Fsp3) is 0.550. The second-order valence-corrected chi connectivity index (χ2v) is 6.43. The summed E-state index contributed by atoms with van der Waals surface area (Å²) in [4.78, 5) is 34.4. The van der Waals surface area contributed by atoms with Crippen molar-refractivity contribution in [1.82, 2.24) is 0 Å². The van der Waals surface area contributed by atoms with Crippen LogP contribution in [0.2, 0.25) is 0 Å². The minimum absolute atomic E-state index is 0.0854. The zero-order valence-corrected chi connectivity index (χ0v) is 16.0. The molecule has 0 aliphatic carbocycles. The van der Waals surface area contributed by atoms with E-state index in [2.05, 4.69) is 0 Å². The highest BCUT2D eigenvalue weighted by Crippen LogP contribution is 2.35. The molecule has 0 saturated carbocycles. The first-order chi connectivity index (χ1) is 12.9. The van der Waals surface area contributed by atoms with Crippen LogP contribution in [0.15, 0.2) is 12.1 Å². The van der Waals surface area contributed by atoms with Crippen molar-refractivity contribution in [2.45, 2.75) is 52.1 Å². The van der Waals surface area contributed by atoms with Crippen molar-refractivity contribution in [3.05, 3.63) is 23.3 Å². The quantitative estimate of drug-likeness (QED) is 0.371. The molecule has 7 nitrogen and oxygen atoms in total. The standard InChI is InChI=1S/C20H26O7/c1-13(21)16-11-15-7-8-17(20(23)24-3)27-18(15)12-19(16)26-10-6-4-5-9-25-14(2)22/h11-12,17H,4-10H2,1-3H3. The Labute approximate surface area is 158 Å². The Balaban J connectivity index is 1.97. The van der Waals surface area contributed by atoms with Gasteiger partial charge in [0.1, 0.15) is 11.5 Å². The summed E-state index contributed by atoms with van der Waals surface area (Å²) in [5, 5.41) is 0. The van der Waals surface area contributed by atoms with Crippen molar-refractivity contribution >= 4 is 17.7 Å². The maximum atomic E-state index is 12.0. The third-order valence-corrected chi connectivity index (χ3v) is 4.30. The van der Waals surface area contributed by atoms with Gasteiger partial charge in [0.2, 0.25) is 0 Å². The van der Waals surface area contributed by atoms with Gasteiger partial charge >= 0.3 is 11.9 Å². The number of fused-ring (bicyclic) bond motifs is 1. The third kappa shape index (κ3) is 5.98. The van der Waals surface area contributed by atoms with Crippen molar-refractivity contribution in [2.75, 3.05) is 20.3 Å². The number of carbonyl (C=O) groups excluding carboxylic acids is 3. The monoisotopic (exact) mass is 378 g/mol. The maximum absolute atomic E-state index is 12.0. The number of esters is 2. The van der Waals surface area contributed by atoms with E-state index in [0.717, 1.165) is 24.8 Å². The number of unbranched alkanes of at least 4 members (excludes halogenated alkanes) is 2. The molecular weight excluding hydrogens is 352 g/mol. The Kier molecular flexibility index (Phi) is 7.64. The van der Waals surface area contributed by atoms with Crippen LogP contribution in [0.3, 0.4) is 0 Å². The lowest BCUT2D eigenvalue weighted by Gasteiger charge is -2.25. The molecule has 0 spiro atoms. The molecular formula is C20H26O7. The fourth-order valence-electron chi connectivity index (χ4n) is 2.88. The molecule has 0 fully saturated rings. The SMILES string of the molecule is COC(=O)C1CCc2cc(C(C)=O)c(OCCCCCOC(C)=O)cc2O1. The summed E-state index contributed by atoms with van der Waals surface area (Å²) in [5.41, 5.74) is 1.39. The first-order valence-corrected chi connectivity index (χ1v) is 9.11. The Morgan fingerprint density at radius 3 is 2.52 bits per heavy atom. The number of carbonyl (C=O) groups is 3. The number of ketones is 1. The molecule has 0 saturated heterocycles. The predicted octanol–water partition coefficient (Wildman–Crippen LogP) is 2.87. The highest BCUT2D eigenvalue weighted by atomic mass is 16.6. The average molecular weight is 378 g/mol. The van der Waals surface area contributed by atoms with Crippen LogP contribution >= 0.6 is 0 Å². The summed E-state index contributed by atoms with van der Waals surface area (Å²) in [5.74, 6) is 0.222. The Morgan fingerprint density at radius 2 is 1.85 bits per heavy atom. The minimum atomic E-state index is -0.639. The van der Waals surface area contributed by atoms with E-state index in [4.69, 9.17) is 18.9 Å². The van der Waals surface area contributed by atoms with Gasteiger partial charge in [-0.15, -0.1) is 0 Å². The van der Waals surface area contributed by atoms with Crippen LogP contribution in [0, 0.1) is 0 Å². The molecule has 0 radical (unpaired) electrons. The Bertz CT molecular complexity index is 696. The van der Waals surface area contributed by atoms with Crippen molar-refractivity contribution in [3.8, 4) is 11.5 Å². The van der Waals surface area contributed by atoms with Crippen molar-refractivity contribution in [1.29, 1.82) is 0 Å². The molecule has 1 heterocycles. The van der Waals surface area contributed by atoms with Gasteiger partial charge in [-0.25, -0.2) is 4.79 Å². The van der Waals surface area contributed by atoms with Crippen LogP contribution in [0.1, 0.15) is 55.5 Å². The summed E-state index contributed by atoms with van der Waals surface area (Å²) < 4.78 is 21.1. The number of benzene rings is 1. The maximum Gasteiger partial charge on any atom is 0.347 e. The van der Waals surface area contributed by atoms with Gasteiger partial charge in [-0.2, -0.15) is 0 Å². The molecule has 1 aromatic rings. The number of hydrogen-bond acceptors (Lipinski definition) is 7.